The minimum absolute atomic E-state index is 0.899. The number of rotatable bonds is 7. The van der Waals surface area contributed by atoms with E-state index in [2.05, 4.69) is 38.8 Å². The van der Waals surface area contributed by atoms with Gasteiger partial charge >= 0.3 is 0 Å². The highest BCUT2D eigenvalue weighted by Gasteiger charge is 2.19. The largest absolute Gasteiger partial charge is 0.497 e. The number of aliphatic imine (C=N–C) groups is 1. The SMILES string of the molecule is C=CCSCCNC(=NC)N1CCN(c2ccc(OC)cc2)CC1. The van der Waals surface area contributed by atoms with Gasteiger partial charge in [0.05, 0.1) is 7.11 Å². The number of piperazine rings is 1. The smallest absolute Gasteiger partial charge is 0.193 e. The molecule has 0 saturated carbocycles. The Morgan fingerprint density at radius 3 is 2.58 bits per heavy atom. The van der Waals surface area contributed by atoms with Crippen LogP contribution in [-0.4, -0.2) is 69.2 Å². The summed E-state index contributed by atoms with van der Waals surface area (Å²) in [4.78, 5) is 9.15. The Morgan fingerprint density at radius 1 is 1.29 bits per heavy atom. The molecule has 24 heavy (non-hydrogen) atoms. The molecular formula is C18H28N4OS. The van der Waals surface area contributed by atoms with Gasteiger partial charge < -0.3 is 19.9 Å². The Bertz CT molecular complexity index is 524. The van der Waals surface area contributed by atoms with E-state index in [9.17, 15) is 0 Å². The van der Waals surface area contributed by atoms with E-state index in [0.717, 1.165) is 55.9 Å². The number of nitrogens with one attached hydrogen (secondary N) is 1. The van der Waals surface area contributed by atoms with Gasteiger partial charge in [-0.15, -0.1) is 6.58 Å². The van der Waals surface area contributed by atoms with E-state index < -0.39 is 0 Å². The molecule has 0 unspecified atom stereocenters. The van der Waals surface area contributed by atoms with Gasteiger partial charge in [-0.3, -0.25) is 4.99 Å². The maximum absolute atomic E-state index is 5.22. The lowest BCUT2D eigenvalue weighted by Crippen LogP contribution is -2.52. The van der Waals surface area contributed by atoms with Gasteiger partial charge in [0.25, 0.3) is 0 Å². The van der Waals surface area contributed by atoms with E-state index in [1.807, 2.05) is 37.0 Å². The Morgan fingerprint density at radius 2 is 2.00 bits per heavy atom. The lowest BCUT2D eigenvalue weighted by molar-refractivity contribution is 0.373. The van der Waals surface area contributed by atoms with Crippen LogP contribution in [0.25, 0.3) is 0 Å². The molecule has 2 rings (SSSR count). The standard InChI is InChI=1S/C18H28N4OS/c1-4-14-24-15-9-20-18(19-2)22-12-10-21(11-13-22)16-5-7-17(23-3)8-6-16/h4-8H,1,9-15H2,2-3H3,(H,19,20). The van der Waals surface area contributed by atoms with Crippen molar-refractivity contribution < 1.29 is 4.74 Å². The Kier molecular flexibility index (Phi) is 7.82. The second-order valence-corrected chi connectivity index (χ2v) is 6.66. The van der Waals surface area contributed by atoms with Crippen LogP contribution in [0.4, 0.5) is 5.69 Å². The third kappa shape index (κ3) is 5.37. The molecule has 1 saturated heterocycles. The van der Waals surface area contributed by atoms with E-state index in [1.54, 1.807) is 7.11 Å². The first-order valence-electron chi connectivity index (χ1n) is 8.31. The second-order valence-electron chi connectivity index (χ2n) is 5.51. The molecule has 1 aliphatic rings. The van der Waals surface area contributed by atoms with Crippen molar-refractivity contribution >= 4 is 23.4 Å². The van der Waals surface area contributed by atoms with Gasteiger partial charge in [0.15, 0.2) is 5.96 Å². The third-order valence-corrected chi connectivity index (χ3v) is 4.96. The Labute approximate surface area is 149 Å². The summed E-state index contributed by atoms with van der Waals surface area (Å²) in [6.07, 6.45) is 1.94. The molecule has 0 spiro atoms. The number of methoxy groups -OCH3 is 1. The van der Waals surface area contributed by atoms with Crippen molar-refractivity contribution in [3.05, 3.63) is 36.9 Å². The number of hydrogen-bond donors (Lipinski definition) is 1. The van der Waals surface area contributed by atoms with Gasteiger partial charge in [-0.2, -0.15) is 11.8 Å². The molecule has 0 aromatic heterocycles. The number of hydrogen-bond acceptors (Lipinski definition) is 4. The highest BCUT2D eigenvalue weighted by atomic mass is 32.2. The molecule has 0 radical (unpaired) electrons. The maximum atomic E-state index is 5.22. The van der Waals surface area contributed by atoms with E-state index >= 15 is 0 Å². The quantitative estimate of drug-likeness (QED) is 0.354. The van der Waals surface area contributed by atoms with Crippen LogP contribution >= 0.6 is 11.8 Å². The van der Waals surface area contributed by atoms with Crippen LogP contribution in [-0.2, 0) is 0 Å². The second kappa shape index (κ2) is 10.1. The zero-order valence-electron chi connectivity index (χ0n) is 14.7. The van der Waals surface area contributed by atoms with Gasteiger partial charge in [0.1, 0.15) is 5.75 Å². The van der Waals surface area contributed by atoms with Crippen molar-refractivity contribution in [1.29, 1.82) is 0 Å². The minimum Gasteiger partial charge on any atom is -0.497 e. The van der Waals surface area contributed by atoms with Crippen LogP contribution in [0.3, 0.4) is 0 Å². The van der Waals surface area contributed by atoms with Crippen molar-refractivity contribution in [3.8, 4) is 5.75 Å². The van der Waals surface area contributed by atoms with E-state index in [0.29, 0.717) is 0 Å². The van der Waals surface area contributed by atoms with Crippen LogP contribution in [0.5, 0.6) is 5.75 Å². The Balaban J connectivity index is 1.78. The summed E-state index contributed by atoms with van der Waals surface area (Å²) >= 11 is 1.88. The van der Waals surface area contributed by atoms with Gasteiger partial charge in [-0.1, -0.05) is 6.08 Å². The van der Waals surface area contributed by atoms with Crippen LogP contribution in [0.15, 0.2) is 41.9 Å². The molecule has 1 aromatic carbocycles. The molecule has 1 fully saturated rings. The lowest BCUT2D eigenvalue weighted by Gasteiger charge is -2.37. The number of thioether (sulfide) groups is 1. The minimum atomic E-state index is 0.899. The number of anilines is 1. The van der Waals surface area contributed by atoms with E-state index in [1.165, 1.54) is 5.69 Å². The maximum Gasteiger partial charge on any atom is 0.193 e. The Hall–Kier alpha value is -1.82. The predicted octanol–water partition coefficient (Wildman–Crippen LogP) is 2.31. The molecule has 132 valence electrons. The molecule has 1 N–H and O–H groups in total. The molecule has 0 atom stereocenters. The first kappa shape index (κ1) is 18.5. The van der Waals surface area contributed by atoms with Crippen LogP contribution in [0.2, 0.25) is 0 Å². The zero-order valence-corrected chi connectivity index (χ0v) is 15.5. The lowest BCUT2D eigenvalue weighted by atomic mass is 10.2. The summed E-state index contributed by atoms with van der Waals surface area (Å²) in [6.45, 7) is 8.63. The van der Waals surface area contributed by atoms with Crippen LogP contribution in [0.1, 0.15) is 0 Å². The molecule has 0 bridgehead atoms. The molecule has 1 aromatic rings. The highest BCUT2D eigenvalue weighted by molar-refractivity contribution is 7.99. The molecule has 1 aliphatic heterocycles. The van der Waals surface area contributed by atoms with Crippen LogP contribution < -0.4 is 15.0 Å². The van der Waals surface area contributed by atoms with Gasteiger partial charge in [-0.05, 0) is 24.3 Å². The van der Waals surface area contributed by atoms with Crippen LogP contribution in [0, 0.1) is 0 Å². The topological polar surface area (TPSA) is 40.1 Å². The summed E-state index contributed by atoms with van der Waals surface area (Å²) in [5.74, 6) is 3.97. The monoisotopic (exact) mass is 348 g/mol. The van der Waals surface area contributed by atoms with Crippen molar-refractivity contribution in [1.82, 2.24) is 10.2 Å². The summed E-state index contributed by atoms with van der Waals surface area (Å²) in [6, 6.07) is 8.28. The van der Waals surface area contributed by atoms with Gasteiger partial charge in [0.2, 0.25) is 0 Å². The number of guanidine groups is 1. The van der Waals surface area contributed by atoms with E-state index in [-0.39, 0.29) is 0 Å². The fourth-order valence-electron chi connectivity index (χ4n) is 2.70. The number of benzene rings is 1. The average molecular weight is 349 g/mol. The fraction of sp³-hybridized carbons (Fsp3) is 0.500. The molecule has 5 nitrogen and oxygen atoms in total. The third-order valence-electron chi connectivity index (χ3n) is 3.99. The van der Waals surface area contributed by atoms with Crippen molar-refractivity contribution in [2.45, 2.75) is 0 Å². The summed E-state index contributed by atoms with van der Waals surface area (Å²) < 4.78 is 5.22. The molecule has 6 heteroatoms. The molecular weight excluding hydrogens is 320 g/mol. The van der Waals surface area contributed by atoms with Crippen molar-refractivity contribution in [2.24, 2.45) is 4.99 Å². The fourth-order valence-corrected chi connectivity index (χ4v) is 3.28. The van der Waals surface area contributed by atoms with E-state index in [4.69, 9.17) is 4.74 Å². The number of nitrogens with zero attached hydrogens (tertiary/aromatic N) is 3. The molecule has 0 amide bonds. The predicted molar refractivity (Wildman–Crippen MR) is 106 cm³/mol. The van der Waals surface area contributed by atoms with Gasteiger partial charge in [0, 0.05) is 57.0 Å². The zero-order chi connectivity index (χ0) is 17.2. The highest BCUT2D eigenvalue weighted by Crippen LogP contribution is 2.20. The van der Waals surface area contributed by atoms with Crippen molar-refractivity contribution in [3.63, 3.8) is 0 Å². The van der Waals surface area contributed by atoms with Crippen molar-refractivity contribution in [2.75, 3.05) is 63.3 Å². The number of ether oxygens (including phenoxy) is 1. The summed E-state index contributed by atoms with van der Waals surface area (Å²) in [5, 5.41) is 3.45. The first-order valence-corrected chi connectivity index (χ1v) is 9.47. The normalized spacial score (nSPS) is 15.3. The molecule has 1 heterocycles. The molecule has 0 aliphatic carbocycles. The summed E-state index contributed by atoms with van der Waals surface area (Å²) in [5.41, 5.74) is 1.25. The first-order chi connectivity index (χ1) is 11.8. The van der Waals surface area contributed by atoms with Gasteiger partial charge in [-0.25, -0.2) is 0 Å². The average Bonchev–Trinajstić information content (AvgIpc) is 2.65. The summed E-state index contributed by atoms with van der Waals surface area (Å²) in [7, 11) is 3.55.